The number of aliphatic carboxylic acids is 2. The predicted octanol–water partition coefficient (Wildman–Crippen LogP) is 2.29. The van der Waals surface area contributed by atoms with Gasteiger partial charge in [-0.05, 0) is 36.4 Å². The molecule has 1 aliphatic heterocycles. The molecule has 7 nitrogen and oxygen atoms in total. The van der Waals surface area contributed by atoms with E-state index in [9.17, 15) is 4.79 Å². The summed E-state index contributed by atoms with van der Waals surface area (Å²) in [5.74, 6) is -3.45. The zero-order chi connectivity index (χ0) is 20.4. The van der Waals surface area contributed by atoms with Crippen molar-refractivity contribution in [2.24, 2.45) is 0 Å². The van der Waals surface area contributed by atoms with Crippen LogP contribution in [0.1, 0.15) is 21.7 Å². The molecule has 0 radical (unpaired) electrons. The monoisotopic (exact) mass is 404 g/mol. The van der Waals surface area contributed by atoms with E-state index in [4.69, 9.17) is 19.8 Å². The molecule has 2 heterocycles. The number of carboxylic acids is 2. The summed E-state index contributed by atoms with van der Waals surface area (Å²) < 4.78 is 0. The topological polar surface area (TPSA) is 98.1 Å². The molecule has 0 aliphatic carbocycles. The van der Waals surface area contributed by atoms with Crippen LogP contribution in [0.2, 0.25) is 0 Å². The van der Waals surface area contributed by atoms with Crippen molar-refractivity contribution in [3.05, 3.63) is 58.3 Å². The number of benzene rings is 1. The van der Waals surface area contributed by atoms with Gasteiger partial charge in [0.2, 0.25) is 0 Å². The van der Waals surface area contributed by atoms with Crippen molar-refractivity contribution >= 4 is 29.2 Å². The van der Waals surface area contributed by atoms with Crippen LogP contribution in [0.15, 0.2) is 47.8 Å². The number of rotatable bonds is 5. The molecule has 0 atom stereocenters. The van der Waals surface area contributed by atoms with Crippen LogP contribution in [-0.4, -0.2) is 70.6 Å². The van der Waals surface area contributed by atoms with Crippen molar-refractivity contribution in [1.82, 2.24) is 9.80 Å². The summed E-state index contributed by atoms with van der Waals surface area (Å²) in [6.07, 6.45) is 2.32. The smallest absolute Gasteiger partial charge is 0.414 e. The Morgan fingerprint density at radius 1 is 0.893 bits per heavy atom. The molecule has 0 bridgehead atoms. The highest BCUT2D eigenvalue weighted by Crippen LogP contribution is 2.14. The van der Waals surface area contributed by atoms with Crippen molar-refractivity contribution < 1.29 is 24.6 Å². The lowest BCUT2D eigenvalue weighted by Gasteiger charge is -2.34. The van der Waals surface area contributed by atoms with Crippen LogP contribution in [0.5, 0.6) is 0 Å². The van der Waals surface area contributed by atoms with Crippen LogP contribution in [-0.2, 0) is 16.0 Å². The Labute approximate surface area is 167 Å². The number of carbonyl (C=O) groups is 3. The molecule has 1 aliphatic rings. The molecular formula is C20H24N2O5S. The quantitative estimate of drug-likeness (QED) is 0.742. The van der Waals surface area contributed by atoms with Crippen molar-refractivity contribution in [2.45, 2.75) is 12.8 Å². The Morgan fingerprint density at radius 2 is 1.54 bits per heavy atom. The van der Waals surface area contributed by atoms with Gasteiger partial charge in [0.1, 0.15) is 0 Å². The van der Waals surface area contributed by atoms with Gasteiger partial charge in [0.05, 0.1) is 4.88 Å². The number of amides is 1. The third-order valence-electron chi connectivity index (χ3n) is 4.36. The second-order valence-electron chi connectivity index (χ2n) is 6.31. The van der Waals surface area contributed by atoms with Gasteiger partial charge in [-0.1, -0.05) is 36.4 Å². The number of piperazine rings is 1. The maximum absolute atomic E-state index is 12.3. The minimum Gasteiger partial charge on any atom is -0.473 e. The van der Waals surface area contributed by atoms with Crippen LogP contribution >= 0.6 is 11.3 Å². The van der Waals surface area contributed by atoms with Crippen molar-refractivity contribution in [2.75, 3.05) is 32.7 Å². The first kappa shape index (κ1) is 21.6. The van der Waals surface area contributed by atoms with Crippen LogP contribution in [0, 0.1) is 0 Å². The third-order valence-corrected chi connectivity index (χ3v) is 5.21. The van der Waals surface area contributed by atoms with Gasteiger partial charge in [-0.3, -0.25) is 9.69 Å². The average Bonchev–Trinajstić information content (AvgIpc) is 3.24. The molecule has 0 saturated carbocycles. The van der Waals surface area contributed by atoms with E-state index in [0.29, 0.717) is 0 Å². The molecule has 1 saturated heterocycles. The molecule has 1 fully saturated rings. The third kappa shape index (κ3) is 7.13. The molecule has 8 heteroatoms. The molecular weight excluding hydrogens is 380 g/mol. The van der Waals surface area contributed by atoms with Gasteiger partial charge >= 0.3 is 11.9 Å². The molecule has 3 rings (SSSR count). The van der Waals surface area contributed by atoms with E-state index in [-0.39, 0.29) is 5.91 Å². The predicted molar refractivity (Wildman–Crippen MR) is 107 cm³/mol. The fourth-order valence-electron chi connectivity index (χ4n) is 2.88. The van der Waals surface area contributed by atoms with Crippen LogP contribution in [0.25, 0.3) is 0 Å². The maximum atomic E-state index is 12.3. The van der Waals surface area contributed by atoms with Gasteiger partial charge < -0.3 is 15.1 Å². The molecule has 1 aromatic carbocycles. The van der Waals surface area contributed by atoms with E-state index in [1.807, 2.05) is 22.4 Å². The Balaban J connectivity index is 0.000000409. The van der Waals surface area contributed by atoms with E-state index < -0.39 is 11.9 Å². The van der Waals surface area contributed by atoms with Gasteiger partial charge in [0.25, 0.3) is 5.91 Å². The number of nitrogens with zero attached hydrogens (tertiary/aromatic N) is 2. The summed E-state index contributed by atoms with van der Waals surface area (Å²) >= 11 is 1.53. The number of hydrogen-bond donors (Lipinski definition) is 2. The molecule has 2 aromatic rings. The van der Waals surface area contributed by atoms with Crippen LogP contribution < -0.4 is 0 Å². The molecule has 28 heavy (non-hydrogen) atoms. The van der Waals surface area contributed by atoms with Crippen LogP contribution in [0.4, 0.5) is 0 Å². The highest BCUT2D eigenvalue weighted by molar-refractivity contribution is 7.12. The Kier molecular flexibility index (Phi) is 8.64. The van der Waals surface area contributed by atoms with E-state index in [0.717, 1.165) is 44.0 Å². The van der Waals surface area contributed by atoms with Crippen molar-refractivity contribution in [3.8, 4) is 0 Å². The summed E-state index contributed by atoms with van der Waals surface area (Å²) in [5.41, 5.74) is 1.41. The number of aryl methyl sites for hydroxylation is 1. The van der Waals surface area contributed by atoms with Crippen LogP contribution in [0.3, 0.4) is 0 Å². The van der Waals surface area contributed by atoms with Gasteiger partial charge in [-0.2, -0.15) is 0 Å². The Bertz CT molecular complexity index is 744. The van der Waals surface area contributed by atoms with E-state index in [1.54, 1.807) is 0 Å². The molecule has 2 N–H and O–H groups in total. The minimum atomic E-state index is -1.82. The lowest BCUT2D eigenvalue weighted by Crippen LogP contribution is -2.48. The first-order valence-electron chi connectivity index (χ1n) is 9.02. The zero-order valence-electron chi connectivity index (χ0n) is 15.5. The highest BCUT2D eigenvalue weighted by Gasteiger charge is 2.22. The lowest BCUT2D eigenvalue weighted by molar-refractivity contribution is -0.159. The summed E-state index contributed by atoms with van der Waals surface area (Å²) in [6.45, 7) is 4.80. The fraction of sp³-hybridized carbons (Fsp3) is 0.350. The zero-order valence-corrected chi connectivity index (χ0v) is 16.3. The van der Waals surface area contributed by atoms with Gasteiger partial charge in [0.15, 0.2) is 0 Å². The Morgan fingerprint density at radius 3 is 2.07 bits per heavy atom. The summed E-state index contributed by atoms with van der Waals surface area (Å²) in [7, 11) is 0. The minimum absolute atomic E-state index is 0.193. The summed E-state index contributed by atoms with van der Waals surface area (Å²) in [4.78, 5) is 35.8. The van der Waals surface area contributed by atoms with E-state index >= 15 is 0 Å². The average molecular weight is 404 g/mol. The molecule has 0 unspecified atom stereocenters. The molecule has 1 aromatic heterocycles. The first-order valence-corrected chi connectivity index (χ1v) is 9.90. The summed E-state index contributed by atoms with van der Waals surface area (Å²) in [6, 6.07) is 14.5. The SMILES string of the molecule is O=C(O)C(=O)O.O=C(c1cccs1)N1CCN(CCCc2ccccc2)CC1. The number of carboxylic acid groups (broad SMARTS) is 2. The van der Waals surface area contributed by atoms with E-state index in [1.165, 1.54) is 23.3 Å². The molecule has 0 spiro atoms. The number of carbonyl (C=O) groups excluding carboxylic acids is 1. The second-order valence-corrected chi connectivity index (χ2v) is 7.26. The van der Waals surface area contributed by atoms with Crippen molar-refractivity contribution in [1.29, 1.82) is 0 Å². The van der Waals surface area contributed by atoms with Gasteiger partial charge in [0, 0.05) is 26.2 Å². The highest BCUT2D eigenvalue weighted by atomic mass is 32.1. The molecule has 1 amide bonds. The number of hydrogen-bond acceptors (Lipinski definition) is 5. The standard InChI is InChI=1S/C18H22N2OS.C2H2O4/c21-18(17-9-5-15-22-17)20-13-11-19(12-14-20)10-4-8-16-6-2-1-3-7-16;3-1(4)2(5)6/h1-3,5-7,9,15H,4,8,10-14H2;(H,3,4)(H,5,6). The fourth-order valence-corrected chi connectivity index (χ4v) is 3.57. The van der Waals surface area contributed by atoms with Crippen molar-refractivity contribution in [3.63, 3.8) is 0 Å². The van der Waals surface area contributed by atoms with E-state index in [2.05, 4.69) is 35.2 Å². The Hall–Kier alpha value is -2.71. The summed E-state index contributed by atoms with van der Waals surface area (Å²) in [5, 5.41) is 16.7. The number of thiophene rings is 1. The normalized spacial score (nSPS) is 14.1. The van der Waals surface area contributed by atoms with Gasteiger partial charge in [-0.25, -0.2) is 9.59 Å². The molecule has 150 valence electrons. The van der Waals surface area contributed by atoms with Gasteiger partial charge in [-0.15, -0.1) is 11.3 Å². The maximum Gasteiger partial charge on any atom is 0.414 e. The lowest BCUT2D eigenvalue weighted by atomic mass is 10.1. The first-order chi connectivity index (χ1) is 13.5. The largest absolute Gasteiger partial charge is 0.473 e. The second kappa shape index (κ2) is 11.2.